The monoisotopic (exact) mass is 267 g/mol. The van der Waals surface area contributed by atoms with Crippen molar-refractivity contribution in [3.8, 4) is 0 Å². The van der Waals surface area contributed by atoms with Gasteiger partial charge in [0, 0.05) is 37.8 Å². The lowest BCUT2D eigenvalue weighted by Gasteiger charge is -2.47. The molecule has 3 nitrogen and oxygen atoms in total. The number of nitrogens with zero attached hydrogens (tertiary/aromatic N) is 2. The molecule has 0 spiro atoms. The normalized spacial score (nSPS) is 38.5. The summed E-state index contributed by atoms with van der Waals surface area (Å²) in [4.78, 5) is 5.23. The Hall–Kier alpha value is -0.120. The minimum atomic E-state index is 0.411. The molecule has 2 fully saturated rings. The minimum Gasteiger partial charge on any atom is -0.326 e. The van der Waals surface area contributed by atoms with Gasteiger partial charge in [-0.05, 0) is 38.6 Å². The number of likely N-dealkylation sites (N-methyl/N-ethyl adjacent to an activating group) is 1. The van der Waals surface area contributed by atoms with E-state index in [4.69, 9.17) is 5.73 Å². The fraction of sp³-hybridized carbons (Fsp3) is 1.00. The van der Waals surface area contributed by atoms with Crippen LogP contribution in [0.4, 0.5) is 0 Å². The van der Waals surface area contributed by atoms with Crippen LogP contribution in [0.1, 0.15) is 52.4 Å². The lowest BCUT2D eigenvalue weighted by molar-refractivity contribution is 0.0308. The standard InChI is InChI=1S/C16H33N3/c1-4-6-13-7-8-15(17)16(11-13)19-10-9-18(3)14(5-2)12-19/h13-16H,4-12,17H2,1-3H3. The zero-order chi connectivity index (χ0) is 13.8. The molecule has 2 aliphatic rings. The molecule has 0 bridgehead atoms. The SMILES string of the molecule is CCCC1CCC(N)C(N2CCN(C)C(CC)C2)C1. The summed E-state index contributed by atoms with van der Waals surface area (Å²) in [5, 5.41) is 0. The van der Waals surface area contributed by atoms with E-state index in [1.807, 2.05) is 0 Å². The molecule has 1 aliphatic carbocycles. The van der Waals surface area contributed by atoms with Crippen molar-refractivity contribution in [1.82, 2.24) is 9.80 Å². The second-order valence-corrected chi connectivity index (χ2v) is 6.74. The van der Waals surface area contributed by atoms with Crippen LogP contribution in [0, 0.1) is 5.92 Å². The van der Waals surface area contributed by atoms with E-state index in [2.05, 4.69) is 30.7 Å². The maximum absolute atomic E-state index is 6.43. The average Bonchev–Trinajstić information content (AvgIpc) is 2.42. The minimum absolute atomic E-state index is 0.411. The van der Waals surface area contributed by atoms with Crippen molar-refractivity contribution < 1.29 is 0 Å². The summed E-state index contributed by atoms with van der Waals surface area (Å²) >= 11 is 0. The molecule has 2 N–H and O–H groups in total. The Morgan fingerprint density at radius 3 is 2.63 bits per heavy atom. The van der Waals surface area contributed by atoms with Crippen LogP contribution in [-0.4, -0.2) is 54.6 Å². The van der Waals surface area contributed by atoms with Crippen LogP contribution in [0.3, 0.4) is 0 Å². The van der Waals surface area contributed by atoms with E-state index in [1.54, 1.807) is 0 Å². The Morgan fingerprint density at radius 2 is 1.95 bits per heavy atom. The van der Waals surface area contributed by atoms with Crippen LogP contribution in [-0.2, 0) is 0 Å². The van der Waals surface area contributed by atoms with E-state index in [0.717, 1.165) is 12.0 Å². The second-order valence-electron chi connectivity index (χ2n) is 6.74. The zero-order valence-electron chi connectivity index (χ0n) is 13.1. The Labute approximate surface area is 119 Å². The summed E-state index contributed by atoms with van der Waals surface area (Å²) < 4.78 is 0. The van der Waals surface area contributed by atoms with Gasteiger partial charge in [-0.3, -0.25) is 4.90 Å². The quantitative estimate of drug-likeness (QED) is 0.848. The smallest absolute Gasteiger partial charge is 0.0251 e. The van der Waals surface area contributed by atoms with Gasteiger partial charge in [-0.15, -0.1) is 0 Å². The van der Waals surface area contributed by atoms with Crippen LogP contribution in [0.15, 0.2) is 0 Å². The highest BCUT2D eigenvalue weighted by molar-refractivity contribution is 4.92. The predicted molar refractivity (Wildman–Crippen MR) is 82.3 cm³/mol. The van der Waals surface area contributed by atoms with E-state index < -0.39 is 0 Å². The molecule has 3 heteroatoms. The third-order valence-corrected chi connectivity index (χ3v) is 5.42. The molecule has 1 aliphatic heterocycles. The van der Waals surface area contributed by atoms with Crippen LogP contribution < -0.4 is 5.73 Å². The van der Waals surface area contributed by atoms with E-state index in [1.165, 1.54) is 58.2 Å². The van der Waals surface area contributed by atoms with Crippen molar-refractivity contribution in [1.29, 1.82) is 0 Å². The molecule has 0 aromatic carbocycles. The van der Waals surface area contributed by atoms with Crippen molar-refractivity contribution in [3.05, 3.63) is 0 Å². The molecular formula is C16H33N3. The number of hydrogen-bond acceptors (Lipinski definition) is 3. The Morgan fingerprint density at radius 1 is 1.16 bits per heavy atom. The fourth-order valence-corrected chi connectivity index (χ4v) is 4.06. The molecule has 1 heterocycles. The van der Waals surface area contributed by atoms with Gasteiger partial charge in [0.25, 0.3) is 0 Å². The van der Waals surface area contributed by atoms with Gasteiger partial charge in [0.15, 0.2) is 0 Å². The third-order valence-electron chi connectivity index (χ3n) is 5.42. The number of hydrogen-bond donors (Lipinski definition) is 1. The molecule has 4 atom stereocenters. The van der Waals surface area contributed by atoms with Gasteiger partial charge >= 0.3 is 0 Å². The molecule has 0 aromatic rings. The zero-order valence-corrected chi connectivity index (χ0v) is 13.1. The molecule has 19 heavy (non-hydrogen) atoms. The molecule has 0 radical (unpaired) electrons. The van der Waals surface area contributed by atoms with E-state index in [0.29, 0.717) is 12.1 Å². The van der Waals surface area contributed by atoms with Crippen molar-refractivity contribution in [2.75, 3.05) is 26.7 Å². The van der Waals surface area contributed by atoms with Crippen LogP contribution in [0.25, 0.3) is 0 Å². The molecule has 1 saturated heterocycles. The van der Waals surface area contributed by atoms with Gasteiger partial charge < -0.3 is 10.6 Å². The molecule has 4 unspecified atom stereocenters. The lowest BCUT2D eigenvalue weighted by atomic mass is 9.79. The van der Waals surface area contributed by atoms with Gasteiger partial charge in [-0.25, -0.2) is 0 Å². The first-order valence-corrected chi connectivity index (χ1v) is 8.35. The van der Waals surface area contributed by atoms with E-state index in [-0.39, 0.29) is 0 Å². The third kappa shape index (κ3) is 3.71. The van der Waals surface area contributed by atoms with Gasteiger partial charge in [-0.2, -0.15) is 0 Å². The van der Waals surface area contributed by atoms with Gasteiger partial charge in [0.2, 0.25) is 0 Å². The summed E-state index contributed by atoms with van der Waals surface area (Å²) in [6.07, 6.45) is 7.92. The highest BCUT2D eigenvalue weighted by Gasteiger charge is 2.35. The van der Waals surface area contributed by atoms with Gasteiger partial charge in [0.05, 0.1) is 0 Å². The summed E-state index contributed by atoms with van der Waals surface area (Å²) in [5.41, 5.74) is 6.43. The largest absolute Gasteiger partial charge is 0.326 e. The van der Waals surface area contributed by atoms with Gasteiger partial charge in [-0.1, -0.05) is 26.7 Å². The summed E-state index contributed by atoms with van der Waals surface area (Å²) in [5.74, 6) is 0.925. The number of rotatable bonds is 4. The van der Waals surface area contributed by atoms with Crippen LogP contribution in [0.5, 0.6) is 0 Å². The van der Waals surface area contributed by atoms with Gasteiger partial charge in [0.1, 0.15) is 0 Å². The van der Waals surface area contributed by atoms with E-state index in [9.17, 15) is 0 Å². The highest BCUT2D eigenvalue weighted by Crippen LogP contribution is 2.31. The molecule has 0 aromatic heterocycles. The van der Waals surface area contributed by atoms with Crippen molar-refractivity contribution in [2.45, 2.75) is 70.5 Å². The Balaban J connectivity index is 1.94. The Kier molecular flexibility index (Phi) is 5.67. The molecule has 112 valence electrons. The first-order chi connectivity index (χ1) is 9.15. The maximum Gasteiger partial charge on any atom is 0.0251 e. The number of nitrogens with two attached hydrogens (primary N) is 1. The first-order valence-electron chi connectivity index (χ1n) is 8.35. The molecule has 0 amide bonds. The second kappa shape index (κ2) is 7.05. The average molecular weight is 267 g/mol. The van der Waals surface area contributed by atoms with E-state index >= 15 is 0 Å². The van der Waals surface area contributed by atoms with Crippen molar-refractivity contribution in [2.24, 2.45) is 11.7 Å². The molecular weight excluding hydrogens is 234 g/mol. The van der Waals surface area contributed by atoms with Crippen LogP contribution >= 0.6 is 0 Å². The fourth-order valence-electron chi connectivity index (χ4n) is 4.06. The van der Waals surface area contributed by atoms with Crippen molar-refractivity contribution in [3.63, 3.8) is 0 Å². The van der Waals surface area contributed by atoms with Crippen LogP contribution in [0.2, 0.25) is 0 Å². The maximum atomic E-state index is 6.43. The topological polar surface area (TPSA) is 32.5 Å². The highest BCUT2D eigenvalue weighted by atomic mass is 15.3. The number of piperazine rings is 1. The lowest BCUT2D eigenvalue weighted by Crippen LogP contribution is -2.59. The Bertz CT molecular complexity index is 269. The molecule has 1 saturated carbocycles. The van der Waals surface area contributed by atoms with Crippen molar-refractivity contribution >= 4 is 0 Å². The first kappa shape index (κ1) is 15.3. The summed E-state index contributed by atoms with van der Waals surface area (Å²) in [7, 11) is 2.27. The predicted octanol–water partition coefficient (Wildman–Crippen LogP) is 2.31. The summed E-state index contributed by atoms with van der Waals surface area (Å²) in [6.45, 7) is 8.27. The summed E-state index contributed by atoms with van der Waals surface area (Å²) in [6, 6.07) is 1.79. The molecule has 2 rings (SSSR count).